The predicted molar refractivity (Wildman–Crippen MR) is 441 cm³/mol. The zero-order valence-electron chi connectivity index (χ0n) is 66.0. The van der Waals surface area contributed by atoms with Crippen LogP contribution in [0.15, 0.2) is 397 Å². The lowest BCUT2D eigenvalue weighted by molar-refractivity contribution is 0.668. The molecule has 0 spiro atoms. The van der Waals surface area contributed by atoms with Crippen LogP contribution in [0, 0.1) is 0 Å². The lowest BCUT2D eigenvalue weighted by Gasteiger charge is -2.20. The summed E-state index contributed by atoms with van der Waals surface area (Å²) in [6, 6.07) is 110. The monoisotopic (exact) mass is 1330 g/mol. The Morgan fingerprint density at radius 2 is 0.442 bits per heavy atom. The maximum Gasteiger partial charge on any atom is 0.136 e. The van der Waals surface area contributed by atoms with E-state index in [0.717, 1.165) is 186 Å². The van der Waals surface area contributed by atoms with Gasteiger partial charge in [-0.2, -0.15) is 0 Å². The molecule has 0 aliphatic rings. The van der Waals surface area contributed by atoms with E-state index in [-0.39, 0.29) is 59.5 Å². The van der Waals surface area contributed by atoms with E-state index in [1.54, 1.807) is 0 Å². The minimum absolute atomic E-state index is 0.199. The molecule has 0 saturated heterocycles. The van der Waals surface area contributed by atoms with Crippen molar-refractivity contribution in [2.45, 2.75) is 0 Å². The van der Waals surface area contributed by atoms with Gasteiger partial charge in [-0.1, -0.05) is 358 Å². The lowest BCUT2D eigenvalue weighted by atomic mass is 9.82. The topological polar surface area (TPSA) is 26.3 Å². The van der Waals surface area contributed by atoms with Crippen molar-refractivity contribution in [1.29, 1.82) is 0 Å². The summed E-state index contributed by atoms with van der Waals surface area (Å²) in [5.41, 5.74) is 20.2. The quantitative estimate of drug-likeness (QED) is 0.135. The average molecular weight is 1330 g/mol. The van der Waals surface area contributed by atoms with Crippen molar-refractivity contribution in [2.24, 2.45) is 0 Å². The molecular formula is C102H64O2. The van der Waals surface area contributed by atoms with Crippen molar-refractivity contribution in [1.82, 2.24) is 0 Å². The first kappa shape index (κ1) is 50.6. The molecule has 0 atom stereocenters. The van der Waals surface area contributed by atoms with Gasteiger partial charge >= 0.3 is 0 Å². The molecular weight excluding hydrogens is 1260 g/mol. The molecule has 0 saturated carbocycles. The van der Waals surface area contributed by atoms with E-state index in [1.807, 2.05) is 109 Å². The molecule has 0 fully saturated rings. The largest absolute Gasteiger partial charge is 0.456 e. The zero-order chi connectivity index (χ0) is 77.3. The van der Waals surface area contributed by atoms with Crippen LogP contribution in [0.4, 0.5) is 0 Å². The zero-order valence-corrected chi connectivity index (χ0v) is 56.0. The van der Waals surface area contributed by atoms with E-state index >= 15 is 0 Å². The third-order valence-electron chi connectivity index (χ3n) is 20.7. The number of benzene rings is 19. The molecule has 2 nitrogen and oxygen atoms in total. The second kappa shape index (κ2) is 25.2. The predicted octanol–water partition coefficient (Wildman–Crippen LogP) is 29.1. The van der Waals surface area contributed by atoms with Gasteiger partial charge in [-0.05, 0) is 184 Å². The Hall–Kier alpha value is -13.7. The summed E-state index contributed by atoms with van der Waals surface area (Å²) in [5.74, 6) is 0. The number of para-hydroxylation sites is 2. The second-order valence-corrected chi connectivity index (χ2v) is 26.3. The van der Waals surface area contributed by atoms with Crippen LogP contribution in [0.2, 0.25) is 0 Å². The van der Waals surface area contributed by atoms with Gasteiger partial charge in [0.1, 0.15) is 22.3 Å². The first-order valence-electron chi connectivity index (χ1n) is 40.0. The fourth-order valence-corrected chi connectivity index (χ4v) is 16.4. The first-order chi connectivity index (χ1) is 55.8. The number of rotatable bonds is 9. The highest BCUT2D eigenvalue weighted by molar-refractivity contribution is 6.28. The normalized spacial score (nSPS) is 13.0. The number of hydrogen-bond acceptors (Lipinski definition) is 2. The molecule has 104 heavy (non-hydrogen) atoms. The molecule has 0 unspecified atom stereocenters. The maximum atomic E-state index is 9.01. The van der Waals surface area contributed by atoms with Crippen molar-refractivity contribution in [3.05, 3.63) is 388 Å². The van der Waals surface area contributed by atoms with Crippen LogP contribution in [-0.4, -0.2) is 0 Å². The Kier molecular flexibility index (Phi) is 12.3. The molecule has 19 aromatic carbocycles. The van der Waals surface area contributed by atoms with E-state index in [4.69, 9.17) is 22.5 Å². The van der Waals surface area contributed by atoms with Gasteiger partial charge in [0.2, 0.25) is 0 Å². The molecule has 2 heteroatoms. The molecule has 21 rings (SSSR count). The Bertz CT molecular complexity index is 7440. The van der Waals surface area contributed by atoms with Crippen molar-refractivity contribution >= 4 is 109 Å². The summed E-state index contributed by atoms with van der Waals surface area (Å²) in [4.78, 5) is 0. The highest BCUT2D eigenvalue weighted by Crippen LogP contribution is 2.53. The van der Waals surface area contributed by atoms with Crippen molar-refractivity contribution in [3.63, 3.8) is 0 Å². The third-order valence-corrected chi connectivity index (χ3v) is 20.7. The van der Waals surface area contributed by atoms with E-state index < -0.39 is 12.1 Å². The molecule has 0 aliphatic heterocycles. The van der Waals surface area contributed by atoms with Crippen LogP contribution in [0.25, 0.3) is 209 Å². The van der Waals surface area contributed by atoms with Gasteiger partial charge < -0.3 is 8.83 Å². The Morgan fingerprint density at radius 1 is 0.163 bits per heavy atom. The van der Waals surface area contributed by atoms with Gasteiger partial charge in [0, 0.05) is 32.7 Å². The van der Waals surface area contributed by atoms with E-state index in [2.05, 4.69) is 218 Å². The van der Waals surface area contributed by atoms with Crippen LogP contribution in [0.3, 0.4) is 0 Å². The Labute approximate surface area is 615 Å². The number of hydrogen-bond donors (Lipinski definition) is 0. The summed E-state index contributed by atoms with van der Waals surface area (Å²) in [7, 11) is 0. The molecule has 2 heterocycles. The molecule has 0 aliphatic carbocycles. The molecule has 0 amide bonds. The van der Waals surface area contributed by atoms with Crippen LogP contribution in [0.5, 0.6) is 0 Å². The fraction of sp³-hybridized carbons (Fsp3) is 0. The summed E-state index contributed by atoms with van der Waals surface area (Å²) in [6.07, 6.45) is 0. The average Bonchev–Trinajstić information content (AvgIpc) is 0.938. The Morgan fingerprint density at radius 3 is 0.827 bits per heavy atom. The molecule has 0 bridgehead atoms. The molecule has 0 radical (unpaired) electrons. The number of fused-ring (bicyclic) bond motifs is 12. The van der Waals surface area contributed by atoms with Crippen LogP contribution < -0.4 is 0 Å². The standard InChI is InChI=1S/C54H34O.C48H30O/c1-3-16-35(17-4-1)37-20-15-21-38(34-37)39-32-33-50-54(48-28-13-14-29-49(48)55-50)53(39)47-31-30-46(40-22-7-8-23-41(40)47)52-44-26-11-9-24-42(44)51(36-18-5-2-6-19-36)43-25-10-12-27-45(43)52;1-3-15-31(16-4-1)33-29-30-44-48(42-25-13-14-26-43(42)49-44)47(33)41-28-27-40(34-19-7-8-20-35(34)41)46-38-23-11-9-21-36(38)45(32-17-5-2-6-18-32)37-22-10-12-24-39(37)46/h1-34H;1-30H/i2D,5D,6D,18D,19D;2D,5D,6D,17D,18D. The molecule has 484 valence electrons. The summed E-state index contributed by atoms with van der Waals surface area (Å²) in [5, 5.41) is 15.5. The lowest BCUT2D eigenvalue weighted by Crippen LogP contribution is -1.93. The maximum absolute atomic E-state index is 9.01. The van der Waals surface area contributed by atoms with Crippen LogP contribution in [0.1, 0.15) is 13.7 Å². The van der Waals surface area contributed by atoms with Crippen LogP contribution in [-0.2, 0) is 0 Å². The highest BCUT2D eigenvalue weighted by Gasteiger charge is 2.26. The van der Waals surface area contributed by atoms with E-state index in [1.165, 1.54) is 0 Å². The smallest absolute Gasteiger partial charge is 0.136 e. The van der Waals surface area contributed by atoms with Crippen molar-refractivity contribution in [2.75, 3.05) is 0 Å². The summed E-state index contributed by atoms with van der Waals surface area (Å²) >= 11 is 0. The van der Waals surface area contributed by atoms with Gasteiger partial charge in [-0.25, -0.2) is 0 Å². The molecule has 21 aromatic rings. The Balaban J connectivity index is 0.000000149. The van der Waals surface area contributed by atoms with Gasteiger partial charge in [-0.3, -0.25) is 0 Å². The highest BCUT2D eigenvalue weighted by atomic mass is 16.3. The summed E-state index contributed by atoms with van der Waals surface area (Å²) in [6.45, 7) is 0. The van der Waals surface area contributed by atoms with E-state index in [9.17, 15) is 0 Å². The second-order valence-electron chi connectivity index (χ2n) is 26.3. The van der Waals surface area contributed by atoms with E-state index in [0.29, 0.717) is 11.1 Å². The van der Waals surface area contributed by atoms with Gasteiger partial charge in [-0.15, -0.1) is 0 Å². The van der Waals surface area contributed by atoms with Crippen molar-refractivity contribution in [3.8, 4) is 100 Å². The summed E-state index contributed by atoms with van der Waals surface area (Å²) < 4.78 is 99.5. The minimum atomic E-state index is -0.406. The van der Waals surface area contributed by atoms with Crippen LogP contribution >= 0.6 is 0 Å². The minimum Gasteiger partial charge on any atom is -0.456 e. The first-order valence-corrected chi connectivity index (χ1v) is 35.0. The fourth-order valence-electron chi connectivity index (χ4n) is 16.4. The molecule has 2 aromatic heterocycles. The third kappa shape index (κ3) is 9.94. The molecule has 0 N–H and O–H groups in total. The van der Waals surface area contributed by atoms with Crippen molar-refractivity contribution < 1.29 is 22.5 Å². The SMILES string of the molecule is [2H]c1c([2H])c([2H])c(-c2c3ccccc3c(-c3ccc(-c4c(-c5cccc(-c6ccccc6)c5)ccc5oc6ccccc6c45)c4ccccc34)c3ccccc23)c([2H])c1[2H].[2H]c1c([2H])c([2H])c(-c2c3ccccc3c(-c3ccc(-c4c(-c5ccccc5)ccc5oc6ccccc6c45)c4ccccc34)c3ccccc23)c([2H])c1[2H]. The van der Waals surface area contributed by atoms with Gasteiger partial charge in [0.15, 0.2) is 0 Å². The van der Waals surface area contributed by atoms with Gasteiger partial charge in [0.05, 0.1) is 13.7 Å². The van der Waals surface area contributed by atoms with Gasteiger partial charge in [0.25, 0.3) is 0 Å². The number of furan rings is 2.